The van der Waals surface area contributed by atoms with Gasteiger partial charge in [-0.15, -0.1) is 11.3 Å². The van der Waals surface area contributed by atoms with E-state index >= 15 is 0 Å². The zero-order chi connectivity index (χ0) is 15.9. The van der Waals surface area contributed by atoms with Crippen LogP contribution in [0.5, 0.6) is 0 Å². The van der Waals surface area contributed by atoms with E-state index in [2.05, 4.69) is 10.6 Å². The summed E-state index contributed by atoms with van der Waals surface area (Å²) in [6.07, 6.45) is 0.136. The number of urea groups is 1. The third-order valence-electron chi connectivity index (χ3n) is 3.00. The number of benzene rings is 1. The summed E-state index contributed by atoms with van der Waals surface area (Å²) in [7, 11) is 0. The molecule has 3 amide bonds. The number of rotatable bonds is 6. The first-order valence-electron chi connectivity index (χ1n) is 6.65. The number of carbonyl (C=O) groups excluding carboxylic acids is 2. The van der Waals surface area contributed by atoms with E-state index in [9.17, 15) is 9.59 Å². The monoisotopic (exact) mass is 337 g/mol. The topological polar surface area (TPSA) is 84.2 Å². The second-order valence-electron chi connectivity index (χ2n) is 4.68. The predicted octanol–water partition coefficient (Wildman–Crippen LogP) is 2.82. The summed E-state index contributed by atoms with van der Waals surface area (Å²) in [6, 6.07) is 9.89. The van der Waals surface area contributed by atoms with Gasteiger partial charge >= 0.3 is 6.03 Å². The third-order valence-corrected chi connectivity index (χ3v) is 4.23. The van der Waals surface area contributed by atoms with Crippen LogP contribution >= 0.6 is 22.9 Å². The number of nitrogens with two attached hydrogens (primary N) is 1. The molecule has 0 aliphatic heterocycles. The minimum Gasteiger partial charge on any atom is -0.352 e. The molecule has 22 heavy (non-hydrogen) atoms. The van der Waals surface area contributed by atoms with Gasteiger partial charge in [-0.3, -0.25) is 4.79 Å². The normalized spacial score (nSPS) is 11.7. The predicted molar refractivity (Wildman–Crippen MR) is 87.7 cm³/mol. The average Bonchev–Trinajstić information content (AvgIpc) is 3.00. The highest BCUT2D eigenvalue weighted by Crippen LogP contribution is 2.21. The Kier molecular flexibility index (Phi) is 5.80. The molecule has 2 rings (SSSR count). The van der Waals surface area contributed by atoms with E-state index in [1.54, 1.807) is 12.1 Å². The van der Waals surface area contributed by atoms with E-state index in [4.69, 9.17) is 17.3 Å². The number of hydrogen-bond donors (Lipinski definition) is 3. The number of hydrogen-bond acceptors (Lipinski definition) is 3. The van der Waals surface area contributed by atoms with Crippen LogP contribution in [0.1, 0.15) is 22.9 Å². The Balaban J connectivity index is 1.90. The van der Waals surface area contributed by atoms with Gasteiger partial charge < -0.3 is 16.4 Å². The molecule has 1 aromatic heterocycles. The summed E-state index contributed by atoms with van der Waals surface area (Å²) < 4.78 is 0. The molecule has 0 saturated carbocycles. The lowest BCUT2D eigenvalue weighted by Crippen LogP contribution is -2.36. The highest BCUT2D eigenvalue weighted by molar-refractivity contribution is 7.10. The standard InChI is InChI=1S/C15H16ClN3O2S/c16-11-5-3-10(4-6-11)9-18-14(20)8-12(19-15(17)21)13-2-1-7-22-13/h1-7,12H,8-9H2,(H,18,20)(H3,17,19,21). The fraction of sp³-hybridized carbons (Fsp3) is 0.200. The van der Waals surface area contributed by atoms with Crippen LogP contribution in [-0.2, 0) is 11.3 Å². The Hall–Kier alpha value is -2.05. The molecule has 116 valence electrons. The maximum Gasteiger partial charge on any atom is 0.312 e. The van der Waals surface area contributed by atoms with Crippen LogP contribution in [0.25, 0.3) is 0 Å². The molecule has 0 spiro atoms. The Morgan fingerprint density at radius 1 is 1.23 bits per heavy atom. The third kappa shape index (κ3) is 5.05. The number of primary amides is 1. The lowest BCUT2D eigenvalue weighted by molar-refractivity contribution is -0.121. The number of carbonyl (C=O) groups is 2. The van der Waals surface area contributed by atoms with Gasteiger partial charge in [0.15, 0.2) is 0 Å². The molecule has 4 N–H and O–H groups in total. The number of nitrogens with one attached hydrogen (secondary N) is 2. The van der Waals surface area contributed by atoms with Crippen molar-refractivity contribution < 1.29 is 9.59 Å². The molecule has 0 aliphatic carbocycles. The minimum absolute atomic E-state index is 0.136. The fourth-order valence-corrected chi connectivity index (χ4v) is 2.85. The Morgan fingerprint density at radius 3 is 2.55 bits per heavy atom. The average molecular weight is 338 g/mol. The molecule has 2 aromatic rings. The number of thiophene rings is 1. The summed E-state index contributed by atoms with van der Waals surface area (Å²) in [5.74, 6) is -0.165. The highest BCUT2D eigenvalue weighted by atomic mass is 35.5. The maximum absolute atomic E-state index is 12.0. The van der Waals surface area contributed by atoms with Gasteiger partial charge in [-0.25, -0.2) is 4.79 Å². The van der Waals surface area contributed by atoms with Gasteiger partial charge in [0.1, 0.15) is 0 Å². The fourth-order valence-electron chi connectivity index (χ4n) is 1.94. The molecule has 0 fully saturated rings. The van der Waals surface area contributed by atoms with Crippen molar-refractivity contribution >= 4 is 34.9 Å². The second kappa shape index (κ2) is 7.82. The van der Waals surface area contributed by atoms with Crippen LogP contribution < -0.4 is 16.4 Å². The SMILES string of the molecule is NC(=O)NC(CC(=O)NCc1ccc(Cl)cc1)c1cccs1. The quantitative estimate of drug-likeness (QED) is 0.757. The van der Waals surface area contributed by atoms with E-state index in [-0.39, 0.29) is 12.3 Å². The van der Waals surface area contributed by atoms with Gasteiger partial charge in [0, 0.05) is 16.4 Å². The first-order valence-corrected chi connectivity index (χ1v) is 7.91. The Labute approximate surface area is 137 Å². The summed E-state index contributed by atoms with van der Waals surface area (Å²) in [5, 5.41) is 7.94. The van der Waals surface area contributed by atoms with Crippen molar-refractivity contribution in [2.75, 3.05) is 0 Å². The zero-order valence-electron chi connectivity index (χ0n) is 11.7. The zero-order valence-corrected chi connectivity index (χ0v) is 13.3. The smallest absolute Gasteiger partial charge is 0.312 e. The van der Waals surface area contributed by atoms with E-state index in [1.165, 1.54) is 11.3 Å². The molecule has 1 heterocycles. The van der Waals surface area contributed by atoms with Gasteiger partial charge in [-0.05, 0) is 29.1 Å². The molecule has 1 unspecified atom stereocenters. The van der Waals surface area contributed by atoms with Gasteiger partial charge in [-0.2, -0.15) is 0 Å². The molecule has 1 aromatic carbocycles. The van der Waals surface area contributed by atoms with Crippen LogP contribution in [0.15, 0.2) is 41.8 Å². The van der Waals surface area contributed by atoms with Crippen molar-refractivity contribution in [3.8, 4) is 0 Å². The van der Waals surface area contributed by atoms with E-state index < -0.39 is 12.1 Å². The lowest BCUT2D eigenvalue weighted by Gasteiger charge is -2.16. The van der Waals surface area contributed by atoms with E-state index in [0.29, 0.717) is 11.6 Å². The Morgan fingerprint density at radius 2 is 1.95 bits per heavy atom. The van der Waals surface area contributed by atoms with Crippen LogP contribution in [0.3, 0.4) is 0 Å². The first-order chi connectivity index (χ1) is 10.5. The van der Waals surface area contributed by atoms with Crippen molar-refractivity contribution in [2.24, 2.45) is 5.73 Å². The van der Waals surface area contributed by atoms with Gasteiger partial charge in [0.2, 0.25) is 5.91 Å². The number of amides is 3. The van der Waals surface area contributed by atoms with Crippen molar-refractivity contribution in [3.05, 3.63) is 57.2 Å². The van der Waals surface area contributed by atoms with Crippen LogP contribution in [0, 0.1) is 0 Å². The molecular weight excluding hydrogens is 322 g/mol. The van der Waals surface area contributed by atoms with Crippen molar-refractivity contribution in [1.82, 2.24) is 10.6 Å². The van der Waals surface area contributed by atoms with Crippen LogP contribution in [0.4, 0.5) is 4.79 Å². The second-order valence-corrected chi connectivity index (χ2v) is 6.10. The van der Waals surface area contributed by atoms with Crippen molar-refractivity contribution in [3.63, 3.8) is 0 Å². The van der Waals surface area contributed by atoms with Crippen LogP contribution in [0.2, 0.25) is 5.02 Å². The number of halogens is 1. The molecule has 0 bridgehead atoms. The van der Waals surface area contributed by atoms with Crippen molar-refractivity contribution in [2.45, 2.75) is 19.0 Å². The van der Waals surface area contributed by atoms with Gasteiger partial charge in [0.25, 0.3) is 0 Å². The first kappa shape index (κ1) is 16.3. The molecule has 1 atom stereocenters. The molecule has 0 radical (unpaired) electrons. The summed E-state index contributed by atoms with van der Waals surface area (Å²) in [4.78, 5) is 24.0. The molecule has 0 aliphatic rings. The maximum atomic E-state index is 12.0. The Bertz CT molecular complexity index is 629. The summed E-state index contributed by atoms with van der Waals surface area (Å²) >= 11 is 7.28. The largest absolute Gasteiger partial charge is 0.352 e. The minimum atomic E-state index is -0.649. The lowest BCUT2D eigenvalue weighted by atomic mass is 10.1. The van der Waals surface area contributed by atoms with Gasteiger partial charge in [0.05, 0.1) is 12.5 Å². The van der Waals surface area contributed by atoms with Crippen molar-refractivity contribution in [1.29, 1.82) is 0 Å². The summed E-state index contributed by atoms with van der Waals surface area (Å²) in [6.45, 7) is 0.406. The van der Waals surface area contributed by atoms with E-state index in [1.807, 2.05) is 29.6 Å². The van der Waals surface area contributed by atoms with Crippen LogP contribution in [-0.4, -0.2) is 11.9 Å². The molecule has 5 nitrogen and oxygen atoms in total. The summed E-state index contributed by atoms with van der Waals surface area (Å²) in [5.41, 5.74) is 6.12. The molecule has 7 heteroatoms. The highest BCUT2D eigenvalue weighted by Gasteiger charge is 2.18. The van der Waals surface area contributed by atoms with Gasteiger partial charge in [-0.1, -0.05) is 29.8 Å². The van der Waals surface area contributed by atoms with E-state index in [0.717, 1.165) is 10.4 Å². The molecular formula is C15H16ClN3O2S. The molecule has 0 saturated heterocycles.